The molecule has 2 aromatic rings. The number of hydrogen-bond acceptors (Lipinski definition) is 3. The standard InChI is InChI=1S/C15H16BrN3O/c1-8-6-10(7-9(2)13(8)16)19-12-5-3-4-11(14(12)17)15(18)20/h3-7,19H,17H2,1-2H3,(H2,18,20). The number of amides is 1. The minimum absolute atomic E-state index is 0.320. The smallest absolute Gasteiger partial charge is 0.250 e. The Hall–Kier alpha value is -2.01. The highest BCUT2D eigenvalue weighted by atomic mass is 79.9. The number of rotatable bonds is 3. The lowest BCUT2D eigenvalue weighted by Crippen LogP contribution is -2.14. The second-order valence-electron chi connectivity index (χ2n) is 4.68. The van der Waals surface area contributed by atoms with Crippen LogP contribution in [-0.4, -0.2) is 5.91 Å². The maximum absolute atomic E-state index is 11.3. The van der Waals surface area contributed by atoms with Crippen LogP contribution >= 0.6 is 15.9 Å². The van der Waals surface area contributed by atoms with Crippen molar-refractivity contribution >= 4 is 38.9 Å². The molecular weight excluding hydrogens is 318 g/mol. The number of hydrogen-bond donors (Lipinski definition) is 3. The van der Waals surface area contributed by atoms with Crippen molar-refractivity contribution < 1.29 is 4.79 Å². The number of primary amides is 1. The summed E-state index contributed by atoms with van der Waals surface area (Å²) in [6, 6.07) is 9.19. The summed E-state index contributed by atoms with van der Waals surface area (Å²) in [5.41, 5.74) is 15.8. The van der Waals surface area contributed by atoms with Crippen LogP contribution in [-0.2, 0) is 0 Å². The van der Waals surface area contributed by atoms with E-state index in [2.05, 4.69) is 21.2 Å². The molecule has 4 nitrogen and oxygen atoms in total. The average Bonchev–Trinajstić information content (AvgIpc) is 2.38. The van der Waals surface area contributed by atoms with Crippen molar-refractivity contribution in [1.29, 1.82) is 0 Å². The van der Waals surface area contributed by atoms with E-state index in [9.17, 15) is 4.79 Å². The molecule has 0 radical (unpaired) electrons. The van der Waals surface area contributed by atoms with Gasteiger partial charge < -0.3 is 16.8 Å². The molecule has 5 heteroatoms. The highest BCUT2D eigenvalue weighted by Crippen LogP contribution is 2.30. The first-order valence-corrected chi connectivity index (χ1v) is 6.91. The van der Waals surface area contributed by atoms with Crippen LogP contribution < -0.4 is 16.8 Å². The van der Waals surface area contributed by atoms with Gasteiger partial charge in [-0.1, -0.05) is 22.0 Å². The van der Waals surface area contributed by atoms with E-state index in [-0.39, 0.29) is 0 Å². The fourth-order valence-corrected chi connectivity index (χ4v) is 2.29. The molecule has 0 aromatic heterocycles. The summed E-state index contributed by atoms with van der Waals surface area (Å²) in [4.78, 5) is 11.3. The number of anilines is 3. The molecule has 0 unspecified atom stereocenters. The first-order chi connectivity index (χ1) is 9.40. The van der Waals surface area contributed by atoms with Crippen LogP contribution in [0, 0.1) is 13.8 Å². The number of nitrogens with two attached hydrogens (primary N) is 2. The van der Waals surface area contributed by atoms with Gasteiger partial charge >= 0.3 is 0 Å². The van der Waals surface area contributed by atoms with Gasteiger partial charge in [0, 0.05) is 10.2 Å². The van der Waals surface area contributed by atoms with Crippen molar-refractivity contribution in [2.45, 2.75) is 13.8 Å². The van der Waals surface area contributed by atoms with Crippen LogP contribution in [0.15, 0.2) is 34.8 Å². The molecular formula is C15H16BrN3O. The van der Waals surface area contributed by atoms with Gasteiger partial charge in [0.2, 0.25) is 0 Å². The topological polar surface area (TPSA) is 81.1 Å². The third kappa shape index (κ3) is 2.77. The predicted octanol–water partition coefficient (Wildman–Crippen LogP) is 3.49. The van der Waals surface area contributed by atoms with Crippen LogP contribution in [0.4, 0.5) is 17.1 Å². The number of para-hydroxylation sites is 1. The zero-order chi connectivity index (χ0) is 14.9. The van der Waals surface area contributed by atoms with Crippen LogP contribution in [0.1, 0.15) is 21.5 Å². The van der Waals surface area contributed by atoms with Crippen molar-refractivity contribution in [2.24, 2.45) is 5.73 Å². The second kappa shape index (κ2) is 5.54. The molecule has 0 aliphatic rings. The van der Waals surface area contributed by atoms with E-state index >= 15 is 0 Å². The van der Waals surface area contributed by atoms with E-state index in [0.29, 0.717) is 16.9 Å². The number of nitrogen functional groups attached to an aromatic ring is 1. The molecule has 2 rings (SSSR count). The van der Waals surface area contributed by atoms with Gasteiger partial charge in [0.25, 0.3) is 5.91 Å². The molecule has 0 atom stereocenters. The number of carbonyl (C=O) groups excluding carboxylic acids is 1. The number of aryl methyl sites for hydroxylation is 2. The summed E-state index contributed by atoms with van der Waals surface area (Å²) in [6.07, 6.45) is 0. The van der Waals surface area contributed by atoms with Crippen LogP contribution in [0.2, 0.25) is 0 Å². The van der Waals surface area contributed by atoms with Gasteiger partial charge in [-0.15, -0.1) is 0 Å². The van der Waals surface area contributed by atoms with Crippen molar-refractivity contribution in [2.75, 3.05) is 11.1 Å². The lowest BCUT2D eigenvalue weighted by Gasteiger charge is -2.13. The Kier molecular flexibility index (Phi) is 3.99. The Morgan fingerprint density at radius 1 is 1.20 bits per heavy atom. The van der Waals surface area contributed by atoms with Gasteiger partial charge in [-0.2, -0.15) is 0 Å². The SMILES string of the molecule is Cc1cc(Nc2cccc(C(N)=O)c2N)cc(C)c1Br. The summed E-state index contributed by atoms with van der Waals surface area (Å²) < 4.78 is 1.09. The molecule has 5 N–H and O–H groups in total. The van der Waals surface area contributed by atoms with Gasteiger partial charge in [0.15, 0.2) is 0 Å². The van der Waals surface area contributed by atoms with E-state index in [4.69, 9.17) is 11.5 Å². The molecule has 2 aromatic carbocycles. The summed E-state index contributed by atoms with van der Waals surface area (Å²) in [5.74, 6) is -0.533. The lowest BCUT2D eigenvalue weighted by atomic mass is 10.1. The van der Waals surface area contributed by atoms with Crippen LogP contribution in [0.3, 0.4) is 0 Å². The molecule has 0 bridgehead atoms. The molecule has 0 saturated carbocycles. The van der Waals surface area contributed by atoms with Gasteiger partial charge in [-0.25, -0.2) is 0 Å². The Morgan fingerprint density at radius 3 is 2.35 bits per heavy atom. The zero-order valence-electron chi connectivity index (χ0n) is 11.3. The Labute approximate surface area is 126 Å². The molecule has 0 aliphatic heterocycles. The zero-order valence-corrected chi connectivity index (χ0v) is 12.9. The molecule has 0 aliphatic carbocycles. The van der Waals surface area contributed by atoms with E-state index in [1.807, 2.05) is 32.0 Å². The van der Waals surface area contributed by atoms with Crippen molar-refractivity contribution in [3.8, 4) is 0 Å². The van der Waals surface area contributed by atoms with E-state index in [0.717, 1.165) is 21.3 Å². The van der Waals surface area contributed by atoms with Crippen molar-refractivity contribution in [3.63, 3.8) is 0 Å². The van der Waals surface area contributed by atoms with Gasteiger partial charge in [-0.05, 0) is 49.2 Å². The highest BCUT2D eigenvalue weighted by Gasteiger charge is 2.10. The fourth-order valence-electron chi connectivity index (χ4n) is 2.06. The quantitative estimate of drug-likeness (QED) is 0.752. The molecule has 0 spiro atoms. The fraction of sp³-hybridized carbons (Fsp3) is 0.133. The molecule has 104 valence electrons. The monoisotopic (exact) mass is 333 g/mol. The van der Waals surface area contributed by atoms with E-state index in [1.54, 1.807) is 12.1 Å². The summed E-state index contributed by atoms with van der Waals surface area (Å²) >= 11 is 3.53. The summed E-state index contributed by atoms with van der Waals surface area (Å²) in [7, 11) is 0. The van der Waals surface area contributed by atoms with Crippen molar-refractivity contribution in [3.05, 3.63) is 51.5 Å². The van der Waals surface area contributed by atoms with Gasteiger partial charge in [-0.3, -0.25) is 4.79 Å². The largest absolute Gasteiger partial charge is 0.396 e. The molecule has 0 saturated heterocycles. The summed E-state index contributed by atoms with van der Waals surface area (Å²) in [5, 5.41) is 3.22. The molecule has 20 heavy (non-hydrogen) atoms. The third-order valence-electron chi connectivity index (χ3n) is 3.09. The molecule has 1 amide bonds. The minimum Gasteiger partial charge on any atom is -0.396 e. The Bertz CT molecular complexity index is 660. The van der Waals surface area contributed by atoms with Gasteiger partial charge in [0.05, 0.1) is 16.9 Å². The second-order valence-corrected chi connectivity index (χ2v) is 5.47. The first-order valence-electron chi connectivity index (χ1n) is 6.12. The maximum atomic E-state index is 11.3. The summed E-state index contributed by atoms with van der Waals surface area (Å²) in [6.45, 7) is 4.04. The van der Waals surface area contributed by atoms with Crippen LogP contribution in [0.25, 0.3) is 0 Å². The number of carbonyl (C=O) groups is 1. The highest BCUT2D eigenvalue weighted by molar-refractivity contribution is 9.10. The Balaban J connectivity index is 2.40. The predicted molar refractivity (Wildman–Crippen MR) is 86.3 cm³/mol. The van der Waals surface area contributed by atoms with E-state index in [1.165, 1.54) is 0 Å². The van der Waals surface area contributed by atoms with E-state index < -0.39 is 5.91 Å². The molecule has 0 heterocycles. The first kappa shape index (κ1) is 14.4. The lowest BCUT2D eigenvalue weighted by molar-refractivity contribution is 0.100. The molecule has 0 fully saturated rings. The minimum atomic E-state index is -0.533. The third-order valence-corrected chi connectivity index (χ3v) is 4.34. The number of halogens is 1. The average molecular weight is 334 g/mol. The normalized spacial score (nSPS) is 10.3. The Morgan fingerprint density at radius 2 is 1.80 bits per heavy atom. The number of nitrogens with one attached hydrogen (secondary N) is 1. The van der Waals surface area contributed by atoms with Crippen LogP contribution in [0.5, 0.6) is 0 Å². The maximum Gasteiger partial charge on any atom is 0.250 e. The van der Waals surface area contributed by atoms with Gasteiger partial charge in [0.1, 0.15) is 0 Å². The number of benzene rings is 2. The van der Waals surface area contributed by atoms with Crippen molar-refractivity contribution in [1.82, 2.24) is 0 Å².